The Bertz CT molecular complexity index is 1870. The molecule has 226 valence electrons. The van der Waals surface area contributed by atoms with E-state index in [4.69, 9.17) is 0 Å². The lowest BCUT2D eigenvalue weighted by Gasteiger charge is -2.41. The first-order valence-electron chi connectivity index (χ1n) is 12.7. The van der Waals surface area contributed by atoms with Gasteiger partial charge in [-0.15, -0.1) is 0 Å². The number of benzene rings is 3. The van der Waals surface area contributed by atoms with Gasteiger partial charge >= 0.3 is 18.0 Å². The first-order valence-corrected chi connectivity index (χ1v) is 14.2. The van der Waals surface area contributed by atoms with Crippen molar-refractivity contribution in [1.29, 1.82) is 0 Å². The molecule has 1 aromatic heterocycles. The summed E-state index contributed by atoms with van der Waals surface area (Å²) < 4.78 is 125. The summed E-state index contributed by atoms with van der Waals surface area (Å²) in [5, 5.41) is 0. The van der Waals surface area contributed by atoms with Crippen molar-refractivity contribution < 1.29 is 39.2 Å². The fourth-order valence-corrected chi connectivity index (χ4v) is 6.95. The van der Waals surface area contributed by atoms with Gasteiger partial charge in [-0.25, -0.2) is 17.6 Å². The van der Waals surface area contributed by atoms with Crippen LogP contribution < -0.4 is 9.99 Å². The van der Waals surface area contributed by atoms with E-state index in [0.29, 0.717) is 11.6 Å². The van der Waals surface area contributed by atoms with Gasteiger partial charge < -0.3 is 4.98 Å². The lowest BCUT2D eigenvalue weighted by molar-refractivity contribution is -0.138. The van der Waals surface area contributed by atoms with E-state index in [2.05, 4.69) is 4.98 Å². The molecule has 0 fully saturated rings. The number of anilines is 1. The normalized spacial score (nSPS) is 17.8. The molecule has 0 saturated carbocycles. The van der Waals surface area contributed by atoms with Gasteiger partial charge in [-0.3, -0.25) is 8.87 Å². The number of sulfonamides is 1. The number of aromatic amines is 1. The van der Waals surface area contributed by atoms with Crippen LogP contribution in [0.5, 0.6) is 0 Å². The molecule has 0 amide bonds. The summed E-state index contributed by atoms with van der Waals surface area (Å²) in [6, 6.07) is 8.32. The van der Waals surface area contributed by atoms with Gasteiger partial charge in [0, 0.05) is 18.0 Å². The molecule has 0 unspecified atom stereocenters. The minimum absolute atomic E-state index is 0.0523. The Labute approximate surface area is 240 Å². The predicted octanol–water partition coefficient (Wildman–Crippen LogP) is 6.90. The van der Waals surface area contributed by atoms with E-state index >= 15 is 0 Å². The number of fused-ring (bicyclic) bond motifs is 1. The first-order chi connectivity index (χ1) is 20.1. The number of nitrogens with one attached hydrogen (secondary N) is 1. The fourth-order valence-electron chi connectivity index (χ4n) is 5.18. The Hall–Kier alpha value is -4.33. The lowest BCUT2D eigenvalue weighted by Crippen LogP contribution is -2.49. The molecule has 0 spiro atoms. The van der Waals surface area contributed by atoms with Crippen LogP contribution in [0.15, 0.2) is 82.7 Å². The average molecular weight is 626 g/mol. The maximum Gasteiger partial charge on any atom is 0.417 e. The number of H-pyrrole nitrogens is 1. The minimum Gasteiger partial charge on any atom is -0.313 e. The molecule has 2 heterocycles. The second kappa shape index (κ2) is 10.7. The molecule has 6 nitrogen and oxygen atoms in total. The lowest BCUT2D eigenvalue weighted by atomic mass is 9.92. The fraction of sp³-hybridized carbons (Fsp3) is 0.207. The molecule has 0 radical (unpaired) electrons. The third-order valence-corrected chi connectivity index (χ3v) is 9.15. The smallest absolute Gasteiger partial charge is 0.313 e. The van der Waals surface area contributed by atoms with Crippen molar-refractivity contribution in [1.82, 2.24) is 9.55 Å². The molecule has 4 aromatic rings. The highest BCUT2D eigenvalue weighted by molar-refractivity contribution is 7.92. The van der Waals surface area contributed by atoms with E-state index in [1.165, 1.54) is 48.2 Å². The Kier molecular flexibility index (Phi) is 7.53. The number of hydrogen-bond donors (Lipinski definition) is 1. The minimum atomic E-state index is -4.84. The predicted molar refractivity (Wildman–Crippen MR) is 145 cm³/mol. The molecule has 14 heteroatoms. The standard InChI is InChI=1S/C29H22F7N3O3S/c1-17-25(38-13-12-37-27(38)40)15-19-10-8-18(9-11-22-23(29(34,35)36)6-3-7-24(22)30)14-26(19)39(17)43(41,42)21-5-2-4-20(16-21)28(31,32)33/h2-14,16-17,25H,15H2,1H3,(H,37,40)/t17-,25-/m1/s1. The van der Waals surface area contributed by atoms with Gasteiger partial charge in [0.15, 0.2) is 0 Å². The summed E-state index contributed by atoms with van der Waals surface area (Å²) in [6.45, 7) is 1.50. The molecular formula is C29H22F7N3O3S. The largest absolute Gasteiger partial charge is 0.417 e. The summed E-state index contributed by atoms with van der Waals surface area (Å²) in [6.07, 6.45) is -4.63. The topological polar surface area (TPSA) is 75.2 Å². The molecule has 1 N–H and O–H groups in total. The molecule has 43 heavy (non-hydrogen) atoms. The van der Waals surface area contributed by atoms with Crippen molar-refractivity contribution in [3.8, 4) is 0 Å². The highest BCUT2D eigenvalue weighted by Crippen LogP contribution is 2.41. The number of rotatable bonds is 5. The second-order valence-corrected chi connectivity index (χ2v) is 11.7. The Balaban J connectivity index is 1.65. The van der Waals surface area contributed by atoms with Gasteiger partial charge in [-0.05, 0) is 60.9 Å². The number of halogens is 7. The van der Waals surface area contributed by atoms with E-state index in [0.717, 1.165) is 46.8 Å². The number of aromatic nitrogens is 2. The third kappa shape index (κ3) is 5.70. The highest BCUT2D eigenvalue weighted by atomic mass is 32.2. The Morgan fingerprint density at radius 2 is 1.65 bits per heavy atom. The van der Waals surface area contributed by atoms with Crippen LogP contribution in [0.3, 0.4) is 0 Å². The highest BCUT2D eigenvalue weighted by Gasteiger charge is 2.41. The first kappa shape index (κ1) is 30.1. The van der Waals surface area contributed by atoms with Gasteiger partial charge in [-0.2, -0.15) is 26.3 Å². The second-order valence-electron chi connectivity index (χ2n) is 9.93. The summed E-state index contributed by atoms with van der Waals surface area (Å²) in [7, 11) is -4.69. The van der Waals surface area contributed by atoms with Crippen LogP contribution in [0.4, 0.5) is 36.4 Å². The van der Waals surface area contributed by atoms with Crippen molar-refractivity contribution in [2.75, 3.05) is 4.31 Å². The van der Waals surface area contributed by atoms with Crippen molar-refractivity contribution in [3.63, 3.8) is 0 Å². The number of alkyl halides is 6. The van der Waals surface area contributed by atoms with Crippen LogP contribution in [0.1, 0.15) is 40.8 Å². The number of hydrogen-bond acceptors (Lipinski definition) is 3. The molecule has 1 aliphatic rings. The summed E-state index contributed by atoms with van der Waals surface area (Å²) in [5.74, 6) is -1.12. The van der Waals surface area contributed by atoms with Crippen LogP contribution in [0.25, 0.3) is 12.2 Å². The molecule has 3 aromatic carbocycles. The van der Waals surface area contributed by atoms with Crippen molar-refractivity contribution in [2.24, 2.45) is 0 Å². The molecule has 5 rings (SSSR count). The molecule has 0 aliphatic carbocycles. The van der Waals surface area contributed by atoms with E-state index < -0.39 is 67.6 Å². The van der Waals surface area contributed by atoms with E-state index in [9.17, 15) is 43.9 Å². The van der Waals surface area contributed by atoms with E-state index in [1.807, 2.05) is 0 Å². The van der Waals surface area contributed by atoms with Crippen LogP contribution in [-0.4, -0.2) is 24.0 Å². The number of nitrogens with zero attached hydrogens (tertiary/aromatic N) is 2. The van der Waals surface area contributed by atoms with Gasteiger partial charge in [0.05, 0.1) is 33.8 Å². The zero-order chi connectivity index (χ0) is 31.3. The van der Waals surface area contributed by atoms with Crippen molar-refractivity contribution in [2.45, 2.75) is 42.7 Å². The van der Waals surface area contributed by atoms with E-state index in [1.54, 1.807) is 0 Å². The van der Waals surface area contributed by atoms with Gasteiger partial charge in [-0.1, -0.05) is 36.4 Å². The quantitative estimate of drug-likeness (QED) is 0.194. The SMILES string of the molecule is C[C@@H]1[C@H](n2cc[nH]c2=O)Cc2ccc(C=Cc3c(F)cccc3C(F)(F)F)cc2N1S(=O)(=O)c1cccc(C(F)(F)F)c1. The number of imidazole rings is 1. The van der Waals surface area contributed by atoms with Crippen LogP contribution in [0.2, 0.25) is 0 Å². The van der Waals surface area contributed by atoms with Gasteiger partial charge in [0.2, 0.25) is 0 Å². The maximum absolute atomic E-state index is 14.4. The third-order valence-electron chi connectivity index (χ3n) is 7.26. The zero-order valence-corrected chi connectivity index (χ0v) is 22.9. The summed E-state index contributed by atoms with van der Waals surface area (Å²) in [4.78, 5) is 14.3. The van der Waals surface area contributed by atoms with Gasteiger partial charge in [0.25, 0.3) is 10.0 Å². The van der Waals surface area contributed by atoms with Gasteiger partial charge in [0.1, 0.15) is 5.82 Å². The van der Waals surface area contributed by atoms with E-state index in [-0.39, 0.29) is 17.7 Å². The van der Waals surface area contributed by atoms with Crippen LogP contribution in [-0.2, 0) is 28.8 Å². The monoisotopic (exact) mass is 625 g/mol. The van der Waals surface area contributed by atoms with Crippen LogP contribution >= 0.6 is 0 Å². The van der Waals surface area contributed by atoms with Crippen molar-refractivity contribution in [3.05, 3.63) is 117 Å². The molecular weight excluding hydrogens is 603 g/mol. The molecule has 0 saturated heterocycles. The summed E-state index contributed by atoms with van der Waals surface area (Å²) in [5.41, 5.74) is -2.98. The molecule has 2 atom stereocenters. The Morgan fingerprint density at radius 3 is 2.30 bits per heavy atom. The molecule has 1 aliphatic heterocycles. The average Bonchev–Trinajstić information content (AvgIpc) is 3.36. The summed E-state index contributed by atoms with van der Waals surface area (Å²) >= 11 is 0. The van der Waals surface area contributed by atoms with Crippen molar-refractivity contribution >= 4 is 27.9 Å². The van der Waals surface area contributed by atoms with Crippen LogP contribution in [0, 0.1) is 5.82 Å². The molecule has 0 bridgehead atoms. The maximum atomic E-state index is 14.4. The zero-order valence-electron chi connectivity index (χ0n) is 22.1. The Morgan fingerprint density at radius 1 is 0.930 bits per heavy atom.